The first-order chi connectivity index (χ1) is 8.31. The van der Waals surface area contributed by atoms with E-state index in [-0.39, 0.29) is 6.04 Å². The zero-order valence-electron chi connectivity index (χ0n) is 10.3. The average molecular weight is 232 g/mol. The molecular formula is C14H20N2O. The highest BCUT2D eigenvalue weighted by Crippen LogP contribution is 2.22. The van der Waals surface area contributed by atoms with Crippen LogP contribution in [0.4, 0.5) is 0 Å². The van der Waals surface area contributed by atoms with Crippen LogP contribution in [0.15, 0.2) is 24.3 Å². The lowest BCUT2D eigenvalue weighted by atomic mass is 10.0. The molecule has 0 heterocycles. The first kappa shape index (κ1) is 13.6. The van der Waals surface area contributed by atoms with E-state index in [4.69, 9.17) is 17.0 Å². The summed E-state index contributed by atoms with van der Waals surface area (Å²) in [6.07, 6.45) is 7.91. The summed E-state index contributed by atoms with van der Waals surface area (Å²) in [5, 5.41) is 0. The van der Waals surface area contributed by atoms with Gasteiger partial charge in [-0.25, -0.2) is 0 Å². The maximum atomic E-state index is 5.57. The van der Waals surface area contributed by atoms with Crippen molar-refractivity contribution in [2.24, 2.45) is 5.84 Å². The van der Waals surface area contributed by atoms with Crippen LogP contribution in [0.5, 0.6) is 5.75 Å². The maximum absolute atomic E-state index is 5.57. The summed E-state index contributed by atoms with van der Waals surface area (Å²) in [4.78, 5) is 0. The van der Waals surface area contributed by atoms with Crippen molar-refractivity contribution in [1.82, 2.24) is 5.43 Å². The molecule has 0 aromatic heterocycles. The van der Waals surface area contributed by atoms with Crippen molar-refractivity contribution in [3.63, 3.8) is 0 Å². The molecule has 0 aliphatic rings. The highest BCUT2D eigenvalue weighted by Gasteiger charge is 2.09. The second-order valence-corrected chi connectivity index (χ2v) is 3.82. The van der Waals surface area contributed by atoms with E-state index < -0.39 is 0 Å². The molecule has 0 spiro atoms. The molecular weight excluding hydrogens is 212 g/mol. The third-order valence-corrected chi connectivity index (χ3v) is 2.59. The predicted octanol–water partition coefficient (Wildman–Crippen LogP) is 2.39. The summed E-state index contributed by atoms with van der Waals surface area (Å²) in [6, 6.07) is 8.12. The fourth-order valence-electron chi connectivity index (χ4n) is 1.74. The van der Waals surface area contributed by atoms with Gasteiger partial charge in [0.2, 0.25) is 0 Å². The number of terminal acetylenes is 1. The van der Waals surface area contributed by atoms with E-state index in [0.29, 0.717) is 6.61 Å². The van der Waals surface area contributed by atoms with E-state index in [1.54, 1.807) is 0 Å². The molecule has 1 atom stereocenters. The fourth-order valence-corrected chi connectivity index (χ4v) is 1.74. The molecule has 1 unspecified atom stereocenters. The van der Waals surface area contributed by atoms with Crippen LogP contribution in [0.3, 0.4) is 0 Å². The minimum atomic E-state index is 0.128. The second kappa shape index (κ2) is 7.72. The Kier molecular flexibility index (Phi) is 6.16. The van der Waals surface area contributed by atoms with Crippen LogP contribution in [0, 0.1) is 12.3 Å². The number of rotatable bonds is 7. The largest absolute Gasteiger partial charge is 0.494 e. The third kappa shape index (κ3) is 4.48. The highest BCUT2D eigenvalue weighted by atomic mass is 16.5. The average Bonchev–Trinajstić information content (AvgIpc) is 2.35. The normalized spacial score (nSPS) is 11.8. The Morgan fingerprint density at radius 2 is 2.35 bits per heavy atom. The number of nitrogens with one attached hydrogen (secondary N) is 1. The summed E-state index contributed by atoms with van der Waals surface area (Å²) in [6.45, 7) is 2.64. The molecule has 1 rings (SSSR count). The molecule has 0 radical (unpaired) electrons. The van der Waals surface area contributed by atoms with Crippen molar-refractivity contribution in [3.05, 3.63) is 29.8 Å². The van der Waals surface area contributed by atoms with E-state index in [2.05, 4.69) is 11.3 Å². The van der Waals surface area contributed by atoms with Gasteiger partial charge in [0.05, 0.1) is 6.61 Å². The van der Waals surface area contributed by atoms with Crippen molar-refractivity contribution in [3.8, 4) is 18.1 Å². The molecule has 3 N–H and O–H groups in total. The highest BCUT2D eigenvalue weighted by molar-refractivity contribution is 5.30. The summed E-state index contributed by atoms with van der Waals surface area (Å²) in [7, 11) is 0. The molecule has 0 saturated heterocycles. The Balaban J connectivity index is 2.67. The van der Waals surface area contributed by atoms with E-state index in [0.717, 1.165) is 30.6 Å². The van der Waals surface area contributed by atoms with Gasteiger partial charge in [-0.15, -0.1) is 12.3 Å². The van der Waals surface area contributed by atoms with Crippen LogP contribution >= 0.6 is 0 Å². The molecule has 17 heavy (non-hydrogen) atoms. The molecule has 0 bridgehead atoms. The van der Waals surface area contributed by atoms with Crippen molar-refractivity contribution < 1.29 is 4.74 Å². The summed E-state index contributed by atoms with van der Waals surface area (Å²) in [5.41, 5.74) is 3.96. The van der Waals surface area contributed by atoms with E-state index in [1.807, 2.05) is 31.2 Å². The third-order valence-electron chi connectivity index (χ3n) is 2.59. The Labute approximate surface area is 103 Å². The fraction of sp³-hybridized carbons (Fsp3) is 0.429. The van der Waals surface area contributed by atoms with Gasteiger partial charge in [0.1, 0.15) is 5.75 Å². The SMILES string of the molecule is C#CCCCC(NN)c1cccc(OCC)c1. The predicted molar refractivity (Wildman–Crippen MR) is 70.4 cm³/mol. The van der Waals surface area contributed by atoms with E-state index in [1.165, 1.54) is 0 Å². The standard InChI is InChI=1S/C14H20N2O/c1-3-5-6-10-14(16-15)12-8-7-9-13(11-12)17-4-2/h1,7-9,11,14,16H,4-6,10,15H2,2H3. The molecule has 0 fully saturated rings. The number of unbranched alkanes of at least 4 members (excludes halogenated alkanes) is 1. The van der Waals surface area contributed by atoms with Crippen molar-refractivity contribution in [2.75, 3.05) is 6.61 Å². The van der Waals surface area contributed by atoms with Crippen LogP contribution in [-0.4, -0.2) is 6.61 Å². The van der Waals surface area contributed by atoms with Crippen LogP contribution in [0.25, 0.3) is 0 Å². The number of nitrogens with two attached hydrogens (primary N) is 1. The van der Waals surface area contributed by atoms with Gasteiger partial charge >= 0.3 is 0 Å². The molecule has 3 heteroatoms. The van der Waals surface area contributed by atoms with Gasteiger partial charge < -0.3 is 4.74 Å². The monoisotopic (exact) mass is 232 g/mol. The number of ether oxygens (including phenoxy) is 1. The van der Waals surface area contributed by atoms with Gasteiger partial charge in [0, 0.05) is 12.5 Å². The Morgan fingerprint density at radius 1 is 1.53 bits per heavy atom. The van der Waals surface area contributed by atoms with Gasteiger partial charge in [-0.05, 0) is 37.5 Å². The summed E-state index contributed by atoms with van der Waals surface area (Å²) < 4.78 is 5.47. The maximum Gasteiger partial charge on any atom is 0.119 e. The van der Waals surface area contributed by atoms with Gasteiger partial charge in [0.15, 0.2) is 0 Å². The van der Waals surface area contributed by atoms with E-state index >= 15 is 0 Å². The summed E-state index contributed by atoms with van der Waals surface area (Å²) >= 11 is 0. The molecule has 1 aromatic rings. The minimum Gasteiger partial charge on any atom is -0.494 e. The van der Waals surface area contributed by atoms with Crippen LogP contribution < -0.4 is 16.0 Å². The molecule has 0 aliphatic heterocycles. The molecule has 0 saturated carbocycles. The zero-order chi connectivity index (χ0) is 12.5. The van der Waals surface area contributed by atoms with Crippen molar-refractivity contribution in [1.29, 1.82) is 0 Å². The molecule has 92 valence electrons. The summed E-state index contributed by atoms with van der Waals surface area (Å²) in [5.74, 6) is 9.08. The lowest BCUT2D eigenvalue weighted by molar-refractivity contribution is 0.339. The van der Waals surface area contributed by atoms with Crippen LogP contribution in [0.1, 0.15) is 37.8 Å². The second-order valence-electron chi connectivity index (χ2n) is 3.82. The number of hydrogen-bond acceptors (Lipinski definition) is 3. The minimum absolute atomic E-state index is 0.128. The van der Waals surface area contributed by atoms with Crippen LogP contribution in [-0.2, 0) is 0 Å². The molecule has 3 nitrogen and oxygen atoms in total. The lowest BCUT2D eigenvalue weighted by Gasteiger charge is -2.16. The Bertz CT molecular complexity index is 371. The number of hydrazine groups is 1. The van der Waals surface area contributed by atoms with Crippen LogP contribution in [0.2, 0.25) is 0 Å². The van der Waals surface area contributed by atoms with Gasteiger partial charge in [0.25, 0.3) is 0 Å². The first-order valence-electron chi connectivity index (χ1n) is 5.94. The van der Waals surface area contributed by atoms with Gasteiger partial charge in [-0.2, -0.15) is 0 Å². The van der Waals surface area contributed by atoms with E-state index in [9.17, 15) is 0 Å². The van der Waals surface area contributed by atoms with Crippen molar-refractivity contribution >= 4 is 0 Å². The Hall–Kier alpha value is -1.50. The Morgan fingerprint density at radius 3 is 3.00 bits per heavy atom. The number of hydrogen-bond donors (Lipinski definition) is 2. The quantitative estimate of drug-likeness (QED) is 0.328. The zero-order valence-corrected chi connectivity index (χ0v) is 10.3. The first-order valence-corrected chi connectivity index (χ1v) is 5.94. The molecule has 0 aliphatic carbocycles. The molecule has 0 amide bonds. The molecule has 1 aromatic carbocycles. The smallest absolute Gasteiger partial charge is 0.119 e. The van der Waals surface area contributed by atoms with Gasteiger partial charge in [-0.3, -0.25) is 11.3 Å². The van der Waals surface area contributed by atoms with Crippen molar-refractivity contribution in [2.45, 2.75) is 32.2 Å². The topological polar surface area (TPSA) is 47.3 Å². The number of benzene rings is 1. The van der Waals surface area contributed by atoms with Gasteiger partial charge in [-0.1, -0.05) is 12.1 Å². The lowest BCUT2D eigenvalue weighted by Crippen LogP contribution is -2.27.